The SMILES string of the molecule is CC1(C)CCN(C(=O)c2ccc(Br)cc2)CC1. The second kappa shape index (κ2) is 4.81. The van der Waals surface area contributed by atoms with Crippen molar-refractivity contribution in [2.45, 2.75) is 26.7 Å². The first-order valence-electron chi connectivity index (χ1n) is 6.03. The fourth-order valence-electron chi connectivity index (χ4n) is 2.09. The number of likely N-dealkylation sites (tertiary alicyclic amines) is 1. The van der Waals surface area contributed by atoms with Gasteiger partial charge in [0.15, 0.2) is 0 Å². The van der Waals surface area contributed by atoms with Gasteiger partial charge in [0.25, 0.3) is 5.91 Å². The Labute approximate surface area is 111 Å². The molecular weight excluding hydrogens is 278 g/mol. The fourth-order valence-corrected chi connectivity index (χ4v) is 2.35. The molecule has 1 saturated heterocycles. The average molecular weight is 296 g/mol. The lowest BCUT2D eigenvalue weighted by Crippen LogP contribution is -2.41. The minimum Gasteiger partial charge on any atom is -0.339 e. The molecule has 1 aliphatic rings. The van der Waals surface area contributed by atoms with Crippen LogP contribution in [0.25, 0.3) is 0 Å². The normalized spacial score (nSPS) is 19.1. The minimum atomic E-state index is 0.160. The lowest BCUT2D eigenvalue weighted by atomic mass is 9.82. The third kappa shape index (κ3) is 3.09. The Balaban J connectivity index is 2.04. The predicted molar refractivity (Wildman–Crippen MR) is 73.1 cm³/mol. The summed E-state index contributed by atoms with van der Waals surface area (Å²) in [5, 5.41) is 0. The fraction of sp³-hybridized carbons (Fsp3) is 0.500. The van der Waals surface area contributed by atoms with Gasteiger partial charge < -0.3 is 4.90 Å². The van der Waals surface area contributed by atoms with Crippen LogP contribution in [-0.4, -0.2) is 23.9 Å². The number of hydrogen-bond acceptors (Lipinski definition) is 1. The van der Waals surface area contributed by atoms with Crippen LogP contribution < -0.4 is 0 Å². The Bertz CT molecular complexity index is 401. The van der Waals surface area contributed by atoms with Crippen molar-refractivity contribution in [1.82, 2.24) is 4.90 Å². The second-order valence-electron chi connectivity index (χ2n) is 5.46. The zero-order valence-corrected chi connectivity index (χ0v) is 12.0. The zero-order chi connectivity index (χ0) is 12.5. The number of carbonyl (C=O) groups is 1. The predicted octanol–water partition coefficient (Wildman–Crippen LogP) is 3.71. The van der Waals surface area contributed by atoms with Crippen LogP contribution in [0.4, 0.5) is 0 Å². The van der Waals surface area contributed by atoms with Gasteiger partial charge in [-0.2, -0.15) is 0 Å². The molecule has 3 heteroatoms. The maximum atomic E-state index is 12.2. The molecule has 0 spiro atoms. The molecule has 1 fully saturated rings. The second-order valence-corrected chi connectivity index (χ2v) is 6.38. The number of halogens is 1. The van der Waals surface area contributed by atoms with E-state index in [1.807, 2.05) is 29.2 Å². The van der Waals surface area contributed by atoms with Crippen LogP contribution in [0.3, 0.4) is 0 Å². The maximum absolute atomic E-state index is 12.2. The first-order chi connectivity index (χ1) is 7.98. The van der Waals surface area contributed by atoms with E-state index in [4.69, 9.17) is 0 Å². The van der Waals surface area contributed by atoms with Gasteiger partial charge in [-0.3, -0.25) is 4.79 Å². The lowest BCUT2D eigenvalue weighted by molar-refractivity contribution is 0.0630. The molecule has 1 aromatic rings. The third-order valence-corrected chi connectivity index (χ3v) is 4.02. The van der Waals surface area contributed by atoms with Gasteiger partial charge in [0, 0.05) is 23.1 Å². The molecule has 2 nitrogen and oxygen atoms in total. The van der Waals surface area contributed by atoms with Gasteiger partial charge in [-0.1, -0.05) is 29.8 Å². The Kier molecular flexibility index (Phi) is 3.57. The molecular formula is C14H18BrNO. The molecule has 0 bridgehead atoms. The maximum Gasteiger partial charge on any atom is 0.253 e. The van der Waals surface area contributed by atoms with Crippen LogP contribution in [0.2, 0.25) is 0 Å². The van der Waals surface area contributed by atoms with Gasteiger partial charge >= 0.3 is 0 Å². The smallest absolute Gasteiger partial charge is 0.253 e. The van der Waals surface area contributed by atoms with Crippen molar-refractivity contribution in [3.8, 4) is 0 Å². The summed E-state index contributed by atoms with van der Waals surface area (Å²) >= 11 is 3.38. The third-order valence-electron chi connectivity index (χ3n) is 3.50. The number of nitrogens with zero attached hydrogens (tertiary/aromatic N) is 1. The molecule has 0 N–H and O–H groups in total. The van der Waals surface area contributed by atoms with E-state index in [-0.39, 0.29) is 5.91 Å². The van der Waals surface area contributed by atoms with Gasteiger partial charge in [-0.15, -0.1) is 0 Å². The molecule has 0 saturated carbocycles. The highest BCUT2D eigenvalue weighted by molar-refractivity contribution is 9.10. The molecule has 0 aliphatic carbocycles. The molecule has 1 aliphatic heterocycles. The summed E-state index contributed by atoms with van der Waals surface area (Å²) in [6, 6.07) is 7.60. The van der Waals surface area contributed by atoms with Gasteiger partial charge in [-0.05, 0) is 42.5 Å². The van der Waals surface area contributed by atoms with Crippen LogP contribution in [0.1, 0.15) is 37.0 Å². The Morgan fingerprint density at radius 3 is 2.24 bits per heavy atom. The number of carbonyl (C=O) groups excluding carboxylic acids is 1. The van der Waals surface area contributed by atoms with Crippen LogP contribution in [0.15, 0.2) is 28.7 Å². The highest BCUT2D eigenvalue weighted by Gasteiger charge is 2.28. The molecule has 0 aromatic heterocycles. The Morgan fingerprint density at radius 2 is 1.71 bits per heavy atom. The zero-order valence-electron chi connectivity index (χ0n) is 10.4. The molecule has 1 amide bonds. The minimum absolute atomic E-state index is 0.160. The quantitative estimate of drug-likeness (QED) is 0.773. The summed E-state index contributed by atoms with van der Waals surface area (Å²) in [5.41, 5.74) is 1.17. The summed E-state index contributed by atoms with van der Waals surface area (Å²) in [4.78, 5) is 14.2. The van der Waals surface area contributed by atoms with Crippen LogP contribution >= 0.6 is 15.9 Å². The van der Waals surface area contributed by atoms with Crippen molar-refractivity contribution in [2.75, 3.05) is 13.1 Å². The van der Waals surface area contributed by atoms with Gasteiger partial charge in [0.1, 0.15) is 0 Å². The lowest BCUT2D eigenvalue weighted by Gasteiger charge is -2.36. The van der Waals surface area contributed by atoms with Crippen molar-refractivity contribution >= 4 is 21.8 Å². The number of amides is 1. The highest BCUT2D eigenvalue weighted by atomic mass is 79.9. The van der Waals surface area contributed by atoms with Crippen molar-refractivity contribution in [1.29, 1.82) is 0 Å². The first-order valence-corrected chi connectivity index (χ1v) is 6.82. The number of rotatable bonds is 1. The van der Waals surface area contributed by atoms with Crippen molar-refractivity contribution in [3.05, 3.63) is 34.3 Å². The van der Waals surface area contributed by atoms with E-state index >= 15 is 0 Å². The first kappa shape index (κ1) is 12.6. The van der Waals surface area contributed by atoms with Crippen LogP contribution in [0, 0.1) is 5.41 Å². The molecule has 0 radical (unpaired) electrons. The Hall–Kier alpha value is -0.830. The highest BCUT2D eigenvalue weighted by Crippen LogP contribution is 2.30. The summed E-state index contributed by atoms with van der Waals surface area (Å²) in [5.74, 6) is 0.160. The number of benzene rings is 1. The number of hydrogen-bond donors (Lipinski definition) is 0. The largest absolute Gasteiger partial charge is 0.339 e. The molecule has 0 unspecified atom stereocenters. The summed E-state index contributed by atoms with van der Waals surface area (Å²) < 4.78 is 1.01. The average Bonchev–Trinajstić information content (AvgIpc) is 2.29. The standard InChI is InChI=1S/C14H18BrNO/c1-14(2)7-9-16(10-8-14)13(17)11-3-5-12(15)6-4-11/h3-6H,7-10H2,1-2H3. The molecule has 17 heavy (non-hydrogen) atoms. The van der Waals surface area contributed by atoms with Crippen molar-refractivity contribution in [2.24, 2.45) is 5.41 Å². The van der Waals surface area contributed by atoms with E-state index in [0.29, 0.717) is 5.41 Å². The van der Waals surface area contributed by atoms with E-state index < -0.39 is 0 Å². The van der Waals surface area contributed by atoms with E-state index in [0.717, 1.165) is 36.0 Å². The van der Waals surface area contributed by atoms with Crippen LogP contribution in [-0.2, 0) is 0 Å². The molecule has 2 rings (SSSR count). The van der Waals surface area contributed by atoms with Crippen LogP contribution in [0.5, 0.6) is 0 Å². The van der Waals surface area contributed by atoms with Gasteiger partial charge in [-0.25, -0.2) is 0 Å². The molecule has 1 aromatic carbocycles. The number of piperidine rings is 1. The van der Waals surface area contributed by atoms with E-state index in [1.54, 1.807) is 0 Å². The van der Waals surface area contributed by atoms with Crippen molar-refractivity contribution < 1.29 is 4.79 Å². The summed E-state index contributed by atoms with van der Waals surface area (Å²) in [6.07, 6.45) is 2.19. The summed E-state index contributed by atoms with van der Waals surface area (Å²) in [7, 11) is 0. The van der Waals surface area contributed by atoms with Crippen molar-refractivity contribution in [3.63, 3.8) is 0 Å². The monoisotopic (exact) mass is 295 g/mol. The summed E-state index contributed by atoms with van der Waals surface area (Å²) in [6.45, 7) is 6.30. The van der Waals surface area contributed by atoms with Gasteiger partial charge in [0.05, 0.1) is 0 Å². The molecule has 1 heterocycles. The van der Waals surface area contributed by atoms with Gasteiger partial charge in [0.2, 0.25) is 0 Å². The van der Waals surface area contributed by atoms with E-state index in [1.165, 1.54) is 0 Å². The Morgan fingerprint density at radius 1 is 1.18 bits per heavy atom. The molecule has 92 valence electrons. The topological polar surface area (TPSA) is 20.3 Å². The molecule has 0 atom stereocenters. The van der Waals surface area contributed by atoms with E-state index in [2.05, 4.69) is 29.8 Å². The van der Waals surface area contributed by atoms with E-state index in [9.17, 15) is 4.79 Å².